The summed E-state index contributed by atoms with van der Waals surface area (Å²) in [6.45, 7) is 5.06. The average Bonchev–Trinajstić information content (AvgIpc) is 2.84. The van der Waals surface area contributed by atoms with E-state index in [-0.39, 0.29) is 5.24 Å². The van der Waals surface area contributed by atoms with Gasteiger partial charge in [0, 0.05) is 31.9 Å². The number of hydrogen-bond acceptors (Lipinski definition) is 7. The molecule has 0 aliphatic rings. The monoisotopic (exact) mass is 484 g/mol. The van der Waals surface area contributed by atoms with E-state index in [2.05, 4.69) is 11.9 Å². The molecule has 1 amide bonds. The Labute approximate surface area is 205 Å². The highest BCUT2D eigenvalue weighted by molar-refractivity contribution is 8.13. The lowest BCUT2D eigenvalue weighted by Crippen LogP contribution is -2.16. The molecule has 0 aliphatic heterocycles. The fraction of sp³-hybridized carbons (Fsp3) is 0.385. The summed E-state index contributed by atoms with van der Waals surface area (Å²) in [5.74, 6) is 2.54. The molecule has 0 spiro atoms. The van der Waals surface area contributed by atoms with Crippen LogP contribution in [0, 0.1) is 0 Å². The lowest BCUT2D eigenvalue weighted by Gasteiger charge is -2.17. The number of pyridine rings is 1. The summed E-state index contributed by atoms with van der Waals surface area (Å²) in [4.78, 5) is 19.3. The normalized spacial score (nSPS) is 10.8. The maximum atomic E-state index is 12.5. The number of aromatic nitrogens is 1. The number of fused-ring (bicyclic) bond motifs is 1. The number of carbonyl (C=O) groups excluding carboxylic acids is 1. The molecule has 0 aliphatic carbocycles. The molecule has 3 aromatic rings. The molecule has 0 saturated heterocycles. The van der Waals surface area contributed by atoms with Crippen LogP contribution in [0.3, 0.4) is 0 Å². The van der Waals surface area contributed by atoms with Crippen LogP contribution in [0.2, 0.25) is 0 Å². The van der Waals surface area contributed by atoms with E-state index in [9.17, 15) is 4.79 Å². The van der Waals surface area contributed by atoms with Crippen LogP contribution < -0.4 is 18.9 Å². The van der Waals surface area contributed by atoms with Gasteiger partial charge < -0.3 is 23.8 Å². The first-order chi connectivity index (χ1) is 16.4. The van der Waals surface area contributed by atoms with E-state index >= 15 is 0 Å². The summed E-state index contributed by atoms with van der Waals surface area (Å²) < 4.78 is 22.9. The lowest BCUT2D eigenvalue weighted by atomic mass is 10.00. The Morgan fingerprint density at radius 1 is 0.971 bits per heavy atom. The van der Waals surface area contributed by atoms with E-state index in [0.717, 1.165) is 45.0 Å². The van der Waals surface area contributed by atoms with Crippen LogP contribution >= 0.6 is 11.8 Å². The van der Waals surface area contributed by atoms with Crippen LogP contribution in [0.5, 0.6) is 23.0 Å². The van der Waals surface area contributed by atoms with Crippen molar-refractivity contribution in [3.05, 3.63) is 47.8 Å². The third-order valence-corrected chi connectivity index (χ3v) is 6.32. The lowest BCUT2D eigenvalue weighted by molar-refractivity contribution is 0.241. The van der Waals surface area contributed by atoms with Gasteiger partial charge in [0.2, 0.25) is 5.75 Å². The van der Waals surface area contributed by atoms with Gasteiger partial charge in [-0.25, -0.2) is 0 Å². The van der Waals surface area contributed by atoms with E-state index in [0.29, 0.717) is 42.6 Å². The van der Waals surface area contributed by atoms with E-state index in [1.54, 1.807) is 39.4 Å². The van der Waals surface area contributed by atoms with Gasteiger partial charge in [0.1, 0.15) is 5.75 Å². The third kappa shape index (κ3) is 5.67. The summed E-state index contributed by atoms with van der Waals surface area (Å²) >= 11 is 1.15. The van der Waals surface area contributed by atoms with Gasteiger partial charge in [-0.05, 0) is 66.2 Å². The van der Waals surface area contributed by atoms with Crippen molar-refractivity contribution < 1.29 is 23.7 Å². The zero-order valence-corrected chi connectivity index (χ0v) is 21.5. The molecule has 1 heterocycles. The Balaban J connectivity index is 2.06. The zero-order valence-electron chi connectivity index (χ0n) is 20.6. The molecule has 0 radical (unpaired) electrons. The molecular weight excluding hydrogens is 452 g/mol. The summed E-state index contributed by atoms with van der Waals surface area (Å²) in [5, 5.41) is 1.82. The minimum absolute atomic E-state index is 0.0732. The van der Waals surface area contributed by atoms with Gasteiger partial charge in [0.15, 0.2) is 11.5 Å². The number of carbonyl (C=O) groups is 1. The van der Waals surface area contributed by atoms with Gasteiger partial charge in [-0.2, -0.15) is 0 Å². The largest absolute Gasteiger partial charge is 0.493 e. The van der Waals surface area contributed by atoms with Gasteiger partial charge in [-0.3, -0.25) is 9.78 Å². The van der Waals surface area contributed by atoms with Crippen LogP contribution in [-0.4, -0.2) is 56.7 Å². The number of amides is 1. The smallest absolute Gasteiger partial charge is 0.286 e. The van der Waals surface area contributed by atoms with Crippen molar-refractivity contribution >= 4 is 27.8 Å². The molecule has 182 valence electrons. The van der Waals surface area contributed by atoms with Gasteiger partial charge in [0.25, 0.3) is 5.24 Å². The number of rotatable bonds is 10. The predicted octanol–water partition coefficient (Wildman–Crippen LogP) is 5.80. The Morgan fingerprint density at radius 3 is 2.26 bits per heavy atom. The molecule has 3 rings (SSSR count). The number of thioether (sulfide) groups is 1. The molecule has 0 N–H and O–H groups in total. The first-order valence-corrected chi connectivity index (χ1v) is 12.0. The van der Waals surface area contributed by atoms with Gasteiger partial charge >= 0.3 is 0 Å². The first-order valence-electron chi connectivity index (χ1n) is 11.2. The van der Waals surface area contributed by atoms with Crippen molar-refractivity contribution in [3.8, 4) is 23.0 Å². The molecular formula is C26H32N2O5S. The predicted molar refractivity (Wildman–Crippen MR) is 136 cm³/mol. The summed E-state index contributed by atoms with van der Waals surface area (Å²) in [5.41, 5.74) is 2.02. The van der Waals surface area contributed by atoms with Crippen LogP contribution in [0.1, 0.15) is 31.4 Å². The quantitative estimate of drug-likeness (QED) is 0.337. The SMILES string of the molecule is CCCOc1c(OC)cc(Cc2cncc3c(SC(=O)N(C)C)c(OCC)ccc23)cc1OC. The Hall–Kier alpha value is -3.13. The second kappa shape index (κ2) is 11.8. The van der Waals surface area contributed by atoms with Crippen molar-refractivity contribution in [3.63, 3.8) is 0 Å². The molecule has 0 fully saturated rings. The number of ether oxygens (including phenoxy) is 4. The first kappa shape index (κ1) is 25.5. The maximum Gasteiger partial charge on any atom is 0.286 e. The molecule has 0 atom stereocenters. The summed E-state index contributed by atoms with van der Waals surface area (Å²) in [7, 11) is 6.72. The summed E-state index contributed by atoms with van der Waals surface area (Å²) in [6, 6.07) is 7.87. The number of benzene rings is 2. The minimum Gasteiger partial charge on any atom is -0.493 e. The highest BCUT2D eigenvalue weighted by Gasteiger charge is 2.19. The Bertz CT molecular complexity index is 1120. The van der Waals surface area contributed by atoms with Crippen LogP contribution in [0.25, 0.3) is 10.8 Å². The molecule has 2 aromatic carbocycles. The van der Waals surface area contributed by atoms with E-state index in [1.807, 2.05) is 37.4 Å². The average molecular weight is 485 g/mol. The number of methoxy groups -OCH3 is 2. The number of nitrogens with zero attached hydrogens (tertiary/aromatic N) is 2. The fourth-order valence-corrected chi connectivity index (χ4v) is 4.41. The van der Waals surface area contributed by atoms with Crippen LogP contribution in [0.15, 0.2) is 41.6 Å². The van der Waals surface area contributed by atoms with E-state index < -0.39 is 0 Å². The zero-order chi connectivity index (χ0) is 24.7. The number of hydrogen-bond donors (Lipinski definition) is 0. The molecule has 1 aromatic heterocycles. The van der Waals surface area contributed by atoms with Crippen molar-refractivity contribution in [2.75, 3.05) is 41.5 Å². The van der Waals surface area contributed by atoms with Crippen molar-refractivity contribution in [2.24, 2.45) is 0 Å². The molecule has 34 heavy (non-hydrogen) atoms. The molecule has 7 nitrogen and oxygen atoms in total. The van der Waals surface area contributed by atoms with Crippen molar-refractivity contribution in [1.29, 1.82) is 0 Å². The van der Waals surface area contributed by atoms with Crippen LogP contribution in [0.4, 0.5) is 4.79 Å². The third-order valence-electron chi connectivity index (χ3n) is 5.16. The molecule has 0 unspecified atom stereocenters. The van der Waals surface area contributed by atoms with Gasteiger partial charge in [0.05, 0.1) is 32.3 Å². The van der Waals surface area contributed by atoms with Crippen molar-refractivity contribution in [1.82, 2.24) is 9.88 Å². The van der Waals surface area contributed by atoms with Gasteiger partial charge in [-0.1, -0.05) is 13.0 Å². The second-order valence-electron chi connectivity index (χ2n) is 7.84. The molecule has 0 saturated carbocycles. The summed E-state index contributed by atoms with van der Waals surface area (Å²) in [6.07, 6.45) is 5.13. The van der Waals surface area contributed by atoms with Crippen molar-refractivity contribution in [2.45, 2.75) is 31.6 Å². The fourth-order valence-electron chi connectivity index (χ4n) is 3.56. The Morgan fingerprint density at radius 2 is 1.68 bits per heavy atom. The standard InChI is InChI=1S/C26H32N2O5S/c1-7-11-33-24-22(30-5)13-17(14-23(24)31-6)12-18-15-27-16-20-19(18)9-10-21(32-8-2)25(20)34-26(29)28(3)4/h9-10,13-16H,7-8,11-12H2,1-6H3. The van der Waals surface area contributed by atoms with Gasteiger partial charge in [-0.15, -0.1) is 0 Å². The Kier molecular flexibility index (Phi) is 8.87. The van der Waals surface area contributed by atoms with E-state index in [1.165, 1.54) is 0 Å². The topological polar surface area (TPSA) is 70.1 Å². The molecule has 0 bridgehead atoms. The minimum atomic E-state index is -0.0732. The maximum absolute atomic E-state index is 12.5. The van der Waals surface area contributed by atoms with E-state index in [4.69, 9.17) is 18.9 Å². The highest BCUT2D eigenvalue weighted by Crippen LogP contribution is 2.41. The van der Waals surface area contributed by atoms with Crippen LogP contribution in [-0.2, 0) is 6.42 Å². The second-order valence-corrected chi connectivity index (χ2v) is 8.80. The molecule has 8 heteroatoms. The highest BCUT2D eigenvalue weighted by atomic mass is 32.2.